The molecule has 0 unspecified atom stereocenters. The number of carbonyl (C=O) groups excluding carboxylic acids is 1. The molecule has 3 heterocycles. The minimum absolute atomic E-state index is 0.135. The molecule has 0 spiro atoms. The Morgan fingerprint density at radius 3 is 2.75 bits per heavy atom. The summed E-state index contributed by atoms with van der Waals surface area (Å²) in [5, 5.41) is 0. The van der Waals surface area contributed by atoms with Gasteiger partial charge < -0.3 is 4.90 Å². The van der Waals surface area contributed by atoms with E-state index in [1.807, 2.05) is 17.2 Å². The molecule has 2 aliphatic rings. The lowest BCUT2D eigenvalue weighted by Gasteiger charge is -2.55. The average molecular weight is 382 g/mol. The molecule has 2 fully saturated rings. The highest BCUT2D eigenvalue weighted by Gasteiger charge is 2.44. The summed E-state index contributed by atoms with van der Waals surface area (Å²) in [6.45, 7) is 9.31. The molecule has 0 radical (unpaired) electrons. The summed E-state index contributed by atoms with van der Waals surface area (Å²) in [5.74, 6) is -0.662. The number of amides is 1. The standard InChI is InChI=1S/C22H27FN4O/c1-22(2)16-26(21(28)19-7-3-4-8-20(19)23)15-18-14-25(10-11-27(18)22)13-17-6-5-9-24-12-17/h3-9,12,18H,10-11,13-16H2,1-2H3/t18-/m0/s1. The van der Waals surface area contributed by atoms with Crippen LogP contribution in [0.1, 0.15) is 29.8 Å². The van der Waals surface area contributed by atoms with E-state index in [1.54, 1.807) is 24.4 Å². The molecule has 6 heteroatoms. The Morgan fingerprint density at radius 2 is 2.00 bits per heavy atom. The van der Waals surface area contributed by atoms with Crippen molar-refractivity contribution in [2.24, 2.45) is 0 Å². The molecule has 1 aromatic heterocycles. The van der Waals surface area contributed by atoms with Crippen molar-refractivity contribution < 1.29 is 9.18 Å². The molecule has 1 atom stereocenters. The third-order valence-corrected chi connectivity index (χ3v) is 5.87. The zero-order valence-electron chi connectivity index (χ0n) is 16.5. The van der Waals surface area contributed by atoms with Crippen LogP contribution >= 0.6 is 0 Å². The molecular formula is C22H27FN4O. The van der Waals surface area contributed by atoms with E-state index < -0.39 is 5.82 Å². The molecule has 0 saturated carbocycles. The van der Waals surface area contributed by atoms with Crippen molar-refractivity contribution in [3.8, 4) is 0 Å². The van der Waals surface area contributed by atoms with Crippen molar-refractivity contribution in [2.75, 3.05) is 32.7 Å². The predicted molar refractivity (Wildman–Crippen MR) is 106 cm³/mol. The number of halogens is 1. The van der Waals surface area contributed by atoms with Gasteiger partial charge in [-0.2, -0.15) is 0 Å². The van der Waals surface area contributed by atoms with E-state index in [0.717, 1.165) is 26.2 Å². The first-order valence-electron chi connectivity index (χ1n) is 9.86. The molecule has 1 amide bonds. The van der Waals surface area contributed by atoms with E-state index in [0.29, 0.717) is 13.1 Å². The Bertz CT molecular complexity index is 841. The molecule has 1 aromatic carbocycles. The number of aromatic nitrogens is 1. The van der Waals surface area contributed by atoms with Crippen molar-refractivity contribution in [3.63, 3.8) is 0 Å². The van der Waals surface area contributed by atoms with Gasteiger partial charge in [0.1, 0.15) is 5.82 Å². The maximum absolute atomic E-state index is 14.2. The van der Waals surface area contributed by atoms with Crippen LogP contribution in [-0.2, 0) is 6.54 Å². The monoisotopic (exact) mass is 382 g/mol. The summed E-state index contributed by atoms with van der Waals surface area (Å²) in [4.78, 5) is 24.0. The number of rotatable bonds is 3. The summed E-state index contributed by atoms with van der Waals surface area (Å²) >= 11 is 0. The van der Waals surface area contributed by atoms with E-state index in [2.05, 4.69) is 34.7 Å². The topological polar surface area (TPSA) is 39.7 Å². The van der Waals surface area contributed by atoms with E-state index in [4.69, 9.17) is 0 Å². The molecule has 5 nitrogen and oxygen atoms in total. The molecule has 148 valence electrons. The Kier molecular flexibility index (Phi) is 5.17. The highest BCUT2D eigenvalue weighted by molar-refractivity contribution is 5.94. The molecule has 4 rings (SSSR count). The Morgan fingerprint density at radius 1 is 1.18 bits per heavy atom. The van der Waals surface area contributed by atoms with Crippen LogP contribution in [0.3, 0.4) is 0 Å². The lowest BCUT2D eigenvalue weighted by molar-refractivity contribution is -0.0578. The Labute approximate surface area is 165 Å². The molecule has 0 bridgehead atoms. The van der Waals surface area contributed by atoms with Crippen molar-refractivity contribution in [1.82, 2.24) is 19.7 Å². The van der Waals surface area contributed by atoms with Crippen LogP contribution in [0.2, 0.25) is 0 Å². The van der Waals surface area contributed by atoms with Crippen molar-refractivity contribution in [1.29, 1.82) is 0 Å². The van der Waals surface area contributed by atoms with Gasteiger partial charge in [-0.15, -0.1) is 0 Å². The van der Waals surface area contributed by atoms with Gasteiger partial charge in [0.15, 0.2) is 0 Å². The van der Waals surface area contributed by atoms with E-state index in [-0.39, 0.29) is 23.1 Å². The number of nitrogens with zero attached hydrogens (tertiary/aromatic N) is 4. The molecule has 28 heavy (non-hydrogen) atoms. The van der Waals surface area contributed by atoms with Gasteiger partial charge >= 0.3 is 0 Å². The lowest BCUT2D eigenvalue weighted by atomic mass is 9.92. The second-order valence-electron chi connectivity index (χ2n) is 8.42. The average Bonchev–Trinajstić information content (AvgIpc) is 2.68. The second-order valence-corrected chi connectivity index (χ2v) is 8.42. The van der Waals surface area contributed by atoms with Gasteiger partial charge in [-0.25, -0.2) is 4.39 Å². The summed E-state index contributed by atoms with van der Waals surface area (Å²) in [5.41, 5.74) is 1.23. The first-order valence-corrected chi connectivity index (χ1v) is 9.86. The Hall–Kier alpha value is -2.31. The smallest absolute Gasteiger partial charge is 0.256 e. The highest BCUT2D eigenvalue weighted by atomic mass is 19.1. The predicted octanol–water partition coefficient (Wildman–Crippen LogP) is 2.64. The van der Waals surface area contributed by atoms with Gasteiger partial charge in [-0.1, -0.05) is 18.2 Å². The molecule has 0 aliphatic carbocycles. The van der Waals surface area contributed by atoms with Crippen LogP contribution in [-0.4, -0.2) is 69.9 Å². The lowest BCUT2D eigenvalue weighted by Crippen LogP contribution is -2.70. The number of carbonyl (C=O) groups is 1. The second kappa shape index (κ2) is 7.60. The largest absolute Gasteiger partial charge is 0.335 e. The molecule has 0 N–H and O–H groups in total. The maximum Gasteiger partial charge on any atom is 0.256 e. The van der Waals surface area contributed by atoms with Gasteiger partial charge in [0.25, 0.3) is 5.91 Å². The van der Waals surface area contributed by atoms with E-state index >= 15 is 0 Å². The number of piperazine rings is 2. The highest BCUT2D eigenvalue weighted by Crippen LogP contribution is 2.29. The van der Waals surface area contributed by atoms with Crippen LogP contribution in [0.4, 0.5) is 4.39 Å². The van der Waals surface area contributed by atoms with E-state index in [9.17, 15) is 9.18 Å². The number of hydrogen-bond acceptors (Lipinski definition) is 4. The minimum Gasteiger partial charge on any atom is -0.335 e. The zero-order valence-corrected chi connectivity index (χ0v) is 16.5. The van der Waals surface area contributed by atoms with Crippen molar-refractivity contribution >= 4 is 5.91 Å². The molecular weight excluding hydrogens is 355 g/mol. The fraction of sp³-hybridized carbons (Fsp3) is 0.455. The summed E-state index contributed by atoms with van der Waals surface area (Å²) in [6, 6.07) is 10.6. The van der Waals surface area contributed by atoms with E-state index in [1.165, 1.54) is 11.6 Å². The first-order chi connectivity index (χ1) is 13.4. The van der Waals surface area contributed by atoms with Crippen LogP contribution in [0.25, 0.3) is 0 Å². The summed E-state index contributed by atoms with van der Waals surface area (Å²) in [6.07, 6.45) is 3.70. The number of hydrogen-bond donors (Lipinski definition) is 0. The van der Waals surface area contributed by atoms with Gasteiger partial charge in [0.05, 0.1) is 5.56 Å². The van der Waals surface area contributed by atoms with Crippen molar-refractivity contribution in [3.05, 3.63) is 65.7 Å². The van der Waals surface area contributed by atoms with Crippen LogP contribution in [0, 0.1) is 5.82 Å². The number of benzene rings is 1. The van der Waals surface area contributed by atoms with Crippen LogP contribution in [0.5, 0.6) is 0 Å². The molecule has 2 aromatic rings. The quantitative estimate of drug-likeness (QED) is 0.818. The fourth-order valence-corrected chi connectivity index (χ4v) is 4.60. The number of pyridine rings is 1. The third kappa shape index (κ3) is 3.80. The van der Waals surface area contributed by atoms with Gasteiger partial charge in [-0.05, 0) is 37.6 Å². The van der Waals surface area contributed by atoms with Crippen LogP contribution < -0.4 is 0 Å². The van der Waals surface area contributed by atoms with Gasteiger partial charge in [0, 0.05) is 63.2 Å². The normalized spacial score (nSPS) is 22.7. The van der Waals surface area contributed by atoms with Gasteiger partial charge in [-0.3, -0.25) is 19.6 Å². The maximum atomic E-state index is 14.2. The van der Waals surface area contributed by atoms with Gasteiger partial charge in [0.2, 0.25) is 0 Å². The minimum atomic E-state index is -0.449. The fourth-order valence-electron chi connectivity index (χ4n) is 4.60. The van der Waals surface area contributed by atoms with Crippen molar-refractivity contribution in [2.45, 2.75) is 32.0 Å². The summed E-state index contributed by atoms with van der Waals surface area (Å²) in [7, 11) is 0. The molecule has 2 aliphatic heterocycles. The van der Waals surface area contributed by atoms with Crippen LogP contribution in [0.15, 0.2) is 48.8 Å². The Balaban J connectivity index is 1.50. The third-order valence-electron chi connectivity index (χ3n) is 5.87. The number of fused-ring (bicyclic) bond motifs is 1. The SMILES string of the molecule is CC1(C)CN(C(=O)c2ccccc2F)C[C@@H]2CN(Cc3cccnc3)CCN21. The molecule has 2 saturated heterocycles. The first kappa shape index (κ1) is 19.0. The summed E-state index contributed by atoms with van der Waals surface area (Å²) < 4.78 is 14.2. The zero-order chi connectivity index (χ0) is 19.7.